The van der Waals surface area contributed by atoms with E-state index in [1.54, 1.807) is 0 Å². The van der Waals surface area contributed by atoms with Crippen LogP contribution in [-0.2, 0) is 0 Å². The quantitative estimate of drug-likeness (QED) is 0.708. The molecule has 16 heavy (non-hydrogen) atoms. The number of fused-ring (bicyclic) bond motifs is 1. The maximum absolute atomic E-state index is 4.56. The van der Waals surface area contributed by atoms with Crippen molar-refractivity contribution in [2.75, 3.05) is 0 Å². The van der Waals surface area contributed by atoms with E-state index in [-0.39, 0.29) is 0 Å². The van der Waals surface area contributed by atoms with Gasteiger partial charge in [0.2, 0.25) is 0 Å². The van der Waals surface area contributed by atoms with Crippen LogP contribution in [0.3, 0.4) is 0 Å². The van der Waals surface area contributed by atoms with Crippen molar-refractivity contribution in [1.29, 1.82) is 0 Å². The fourth-order valence-corrected chi connectivity index (χ4v) is 2.67. The van der Waals surface area contributed by atoms with Gasteiger partial charge in [0.1, 0.15) is 0 Å². The molecule has 0 saturated heterocycles. The van der Waals surface area contributed by atoms with Gasteiger partial charge in [-0.1, -0.05) is 0 Å². The lowest BCUT2D eigenvalue weighted by molar-refractivity contribution is 0.606. The molecule has 2 heterocycles. The first-order valence-electron chi connectivity index (χ1n) is 5.88. The molecule has 2 aromatic rings. The molecular formula is C14H20N2. The van der Waals surface area contributed by atoms with E-state index >= 15 is 0 Å². The first-order valence-corrected chi connectivity index (χ1v) is 5.88. The van der Waals surface area contributed by atoms with Crippen molar-refractivity contribution >= 4 is 10.9 Å². The first kappa shape index (κ1) is 11.2. The third-order valence-electron chi connectivity index (χ3n) is 3.36. The number of hydrogen-bond donors (Lipinski definition) is 0. The molecule has 0 radical (unpaired) electrons. The van der Waals surface area contributed by atoms with E-state index in [4.69, 9.17) is 0 Å². The molecule has 0 N–H and O–H groups in total. The third kappa shape index (κ3) is 1.44. The predicted molar refractivity (Wildman–Crippen MR) is 69.1 cm³/mol. The van der Waals surface area contributed by atoms with Gasteiger partial charge in [0.15, 0.2) is 0 Å². The van der Waals surface area contributed by atoms with Gasteiger partial charge < -0.3 is 4.57 Å². The highest BCUT2D eigenvalue weighted by Gasteiger charge is 2.15. The van der Waals surface area contributed by atoms with E-state index in [1.807, 2.05) is 0 Å². The van der Waals surface area contributed by atoms with Crippen LogP contribution in [0.15, 0.2) is 6.07 Å². The Balaban J connectivity index is 2.96. The summed E-state index contributed by atoms with van der Waals surface area (Å²) in [4.78, 5) is 4.56. The van der Waals surface area contributed by atoms with Crippen LogP contribution in [-0.4, -0.2) is 9.55 Å². The standard InChI is InChI=1S/C14H20N2/c1-8(2)16-12(6)10(4)14-11(5)15-9(3)7-13(14)16/h7-8H,1-6H3. The number of rotatable bonds is 1. The Morgan fingerprint density at radius 1 is 1.12 bits per heavy atom. The zero-order chi connectivity index (χ0) is 12.0. The number of aryl methyl sites for hydroxylation is 3. The molecule has 0 amide bonds. The molecule has 2 heteroatoms. The molecule has 0 aliphatic heterocycles. The number of hydrogen-bond acceptors (Lipinski definition) is 1. The van der Waals surface area contributed by atoms with Crippen molar-refractivity contribution < 1.29 is 0 Å². The Labute approximate surface area is 97.3 Å². The summed E-state index contributed by atoms with van der Waals surface area (Å²) >= 11 is 0. The minimum Gasteiger partial charge on any atom is -0.342 e. The van der Waals surface area contributed by atoms with Crippen molar-refractivity contribution in [2.45, 2.75) is 47.6 Å². The lowest BCUT2D eigenvalue weighted by Crippen LogP contribution is -2.03. The van der Waals surface area contributed by atoms with E-state index in [0.717, 1.165) is 11.4 Å². The maximum Gasteiger partial charge on any atom is 0.0524 e. The molecule has 2 rings (SSSR count). The van der Waals surface area contributed by atoms with Crippen LogP contribution in [0.1, 0.15) is 42.5 Å². The summed E-state index contributed by atoms with van der Waals surface area (Å²) in [6.45, 7) is 13.0. The zero-order valence-electron chi connectivity index (χ0n) is 11.0. The number of pyridine rings is 1. The maximum atomic E-state index is 4.56. The van der Waals surface area contributed by atoms with Gasteiger partial charge in [0.25, 0.3) is 0 Å². The summed E-state index contributed by atoms with van der Waals surface area (Å²) in [6.07, 6.45) is 0. The Kier molecular flexibility index (Phi) is 2.53. The Bertz CT molecular complexity index is 548. The molecule has 2 aromatic heterocycles. The topological polar surface area (TPSA) is 17.8 Å². The fraction of sp³-hybridized carbons (Fsp3) is 0.500. The predicted octanol–water partition coefficient (Wildman–Crippen LogP) is 3.85. The lowest BCUT2D eigenvalue weighted by Gasteiger charge is -2.12. The normalized spacial score (nSPS) is 11.7. The largest absolute Gasteiger partial charge is 0.342 e. The van der Waals surface area contributed by atoms with Crippen LogP contribution >= 0.6 is 0 Å². The molecule has 0 spiro atoms. The van der Waals surface area contributed by atoms with Gasteiger partial charge in [-0.3, -0.25) is 4.98 Å². The molecule has 0 saturated carbocycles. The third-order valence-corrected chi connectivity index (χ3v) is 3.36. The van der Waals surface area contributed by atoms with Crippen LogP contribution in [0.2, 0.25) is 0 Å². The Morgan fingerprint density at radius 2 is 1.75 bits per heavy atom. The smallest absolute Gasteiger partial charge is 0.0524 e. The summed E-state index contributed by atoms with van der Waals surface area (Å²) in [7, 11) is 0. The second-order valence-corrected chi connectivity index (χ2v) is 4.92. The van der Waals surface area contributed by atoms with Crippen LogP contribution in [0.5, 0.6) is 0 Å². The number of nitrogens with zero attached hydrogens (tertiary/aromatic N) is 2. The Morgan fingerprint density at radius 3 is 2.31 bits per heavy atom. The highest BCUT2D eigenvalue weighted by Crippen LogP contribution is 2.30. The molecule has 0 aromatic carbocycles. The molecular weight excluding hydrogens is 196 g/mol. The molecule has 0 unspecified atom stereocenters. The van der Waals surface area contributed by atoms with Crippen LogP contribution in [0.4, 0.5) is 0 Å². The van der Waals surface area contributed by atoms with Crippen molar-refractivity contribution in [3.8, 4) is 0 Å². The molecule has 0 aliphatic rings. The minimum atomic E-state index is 0.498. The minimum absolute atomic E-state index is 0.498. The van der Waals surface area contributed by atoms with Gasteiger partial charge in [0, 0.05) is 28.5 Å². The summed E-state index contributed by atoms with van der Waals surface area (Å²) in [5.41, 5.74) is 6.31. The van der Waals surface area contributed by atoms with Gasteiger partial charge in [-0.05, 0) is 53.2 Å². The van der Waals surface area contributed by atoms with Crippen molar-refractivity contribution in [1.82, 2.24) is 9.55 Å². The fourth-order valence-electron chi connectivity index (χ4n) is 2.67. The second-order valence-electron chi connectivity index (χ2n) is 4.92. The van der Waals surface area contributed by atoms with Gasteiger partial charge >= 0.3 is 0 Å². The molecule has 0 fully saturated rings. The lowest BCUT2D eigenvalue weighted by atomic mass is 10.1. The van der Waals surface area contributed by atoms with Gasteiger partial charge in [-0.25, -0.2) is 0 Å². The van der Waals surface area contributed by atoms with Crippen LogP contribution in [0.25, 0.3) is 10.9 Å². The molecule has 0 aliphatic carbocycles. The first-order chi connectivity index (χ1) is 7.43. The highest BCUT2D eigenvalue weighted by molar-refractivity contribution is 5.87. The second kappa shape index (κ2) is 3.62. The average Bonchev–Trinajstić information content (AvgIpc) is 2.38. The summed E-state index contributed by atoms with van der Waals surface area (Å²) < 4.78 is 2.41. The SMILES string of the molecule is Cc1cc2c(c(C)n1)c(C)c(C)n2C(C)C. The molecule has 0 bridgehead atoms. The van der Waals surface area contributed by atoms with E-state index in [9.17, 15) is 0 Å². The van der Waals surface area contributed by atoms with E-state index < -0.39 is 0 Å². The molecule has 2 nitrogen and oxygen atoms in total. The molecule has 86 valence electrons. The Hall–Kier alpha value is -1.31. The van der Waals surface area contributed by atoms with E-state index in [0.29, 0.717) is 6.04 Å². The van der Waals surface area contributed by atoms with Crippen molar-refractivity contribution in [2.24, 2.45) is 0 Å². The van der Waals surface area contributed by atoms with Gasteiger partial charge in [-0.2, -0.15) is 0 Å². The van der Waals surface area contributed by atoms with Crippen molar-refractivity contribution in [3.05, 3.63) is 28.7 Å². The monoisotopic (exact) mass is 216 g/mol. The van der Waals surface area contributed by atoms with E-state index in [1.165, 1.54) is 22.2 Å². The summed E-state index contributed by atoms with van der Waals surface area (Å²) in [5.74, 6) is 0. The van der Waals surface area contributed by atoms with Crippen LogP contribution < -0.4 is 0 Å². The van der Waals surface area contributed by atoms with Gasteiger partial charge in [-0.15, -0.1) is 0 Å². The number of aromatic nitrogens is 2. The summed E-state index contributed by atoms with van der Waals surface area (Å²) in [6, 6.07) is 2.69. The van der Waals surface area contributed by atoms with E-state index in [2.05, 4.69) is 57.2 Å². The van der Waals surface area contributed by atoms with Crippen molar-refractivity contribution in [3.63, 3.8) is 0 Å². The average molecular weight is 216 g/mol. The zero-order valence-corrected chi connectivity index (χ0v) is 11.0. The van der Waals surface area contributed by atoms with Crippen LogP contribution in [0, 0.1) is 27.7 Å². The highest BCUT2D eigenvalue weighted by atomic mass is 15.0. The molecule has 0 atom stereocenters. The summed E-state index contributed by atoms with van der Waals surface area (Å²) in [5, 5.41) is 1.33. The van der Waals surface area contributed by atoms with Gasteiger partial charge in [0.05, 0.1) is 5.52 Å².